The average Bonchev–Trinajstić information content (AvgIpc) is 3.32. The highest BCUT2D eigenvalue weighted by molar-refractivity contribution is 5.84. The van der Waals surface area contributed by atoms with Crippen LogP contribution in [0, 0.1) is 24.2 Å². The molecule has 6 heteroatoms. The number of fused-ring (bicyclic) bond motifs is 2. The fourth-order valence-corrected chi connectivity index (χ4v) is 7.08. The van der Waals surface area contributed by atoms with Crippen LogP contribution in [0.3, 0.4) is 0 Å². The molecule has 3 unspecified atom stereocenters. The molecule has 0 spiro atoms. The number of hydrogen-bond donors (Lipinski definition) is 0. The van der Waals surface area contributed by atoms with Crippen LogP contribution in [0.1, 0.15) is 68.7 Å². The van der Waals surface area contributed by atoms with Gasteiger partial charge in [-0.2, -0.15) is 0 Å². The molecule has 2 saturated heterocycles. The third-order valence-corrected chi connectivity index (χ3v) is 8.65. The molecule has 3 fully saturated rings. The van der Waals surface area contributed by atoms with Crippen molar-refractivity contribution in [2.75, 3.05) is 26.9 Å². The van der Waals surface area contributed by atoms with E-state index in [1.165, 1.54) is 5.56 Å². The van der Waals surface area contributed by atoms with Crippen LogP contribution in [-0.4, -0.2) is 61.0 Å². The number of methoxy groups -OCH3 is 1. The van der Waals surface area contributed by atoms with E-state index in [9.17, 15) is 4.79 Å². The molecule has 1 aromatic rings. The third-order valence-electron chi connectivity index (χ3n) is 8.65. The summed E-state index contributed by atoms with van der Waals surface area (Å²) in [7, 11) is 1.80. The van der Waals surface area contributed by atoms with Gasteiger partial charge in [0.15, 0.2) is 0 Å². The van der Waals surface area contributed by atoms with Crippen LogP contribution in [0.5, 0.6) is 0 Å². The van der Waals surface area contributed by atoms with Crippen molar-refractivity contribution in [1.82, 2.24) is 9.88 Å². The maximum Gasteiger partial charge on any atom is 0.231 e. The highest BCUT2D eigenvalue weighted by Crippen LogP contribution is 2.55. The Balaban J connectivity index is 1.34. The van der Waals surface area contributed by atoms with Crippen LogP contribution in [0.15, 0.2) is 12.3 Å². The molecule has 3 aliphatic heterocycles. The van der Waals surface area contributed by atoms with Crippen molar-refractivity contribution >= 4 is 5.91 Å². The molecule has 1 aliphatic carbocycles. The second-order valence-corrected chi connectivity index (χ2v) is 10.9. The first-order valence-corrected chi connectivity index (χ1v) is 13.0. The molecular weight excluding hydrogens is 416 g/mol. The lowest BCUT2D eigenvalue weighted by molar-refractivity contribution is -0.145. The first-order valence-electron chi connectivity index (χ1n) is 13.0. The molecule has 0 N–H and O–H groups in total. The number of ether oxygens (including phenoxy) is 3. The van der Waals surface area contributed by atoms with E-state index >= 15 is 0 Å². The summed E-state index contributed by atoms with van der Waals surface area (Å²) in [5.41, 5.74) is 3.18. The maximum atomic E-state index is 14.2. The van der Waals surface area contributed by atoms with E-state index in [0.717, 1.165) is 75.8 Å². The van der Waals surface area contributed by atoms with E-state index in [-0.39, 0.29) is 23.7 Å². The third kappa shape index (κ3) is 4.46. The number of aromatic nitrogens is 1. The maximum absolute atomic E-state index is 14.2. The molecule has 6 atom stereocenters. The zero-order valence-electron chi connectivity index (χ0n) is 20.6. The second kappa shape index (κ2) is 9.63. The summed E-state index contributed by atoms with van der Waals surface area (Å²) in [6.07, 6.45) is 10.4. The molecular formula is C27H40N2O4. The van der Waals surface area contributed by atoms with E-state index in [4.69, 9.17) is 14.2 Å². The van der Waals surface area contributed by atoms with Crippen molar-refractivity contribution in [2.45, 2.75) is 90.1 Å². The summed E-state index contributed by atoms with van der Waals surface area (Å²) in [4.78, 5) is 20.9. The molecule has 5 rings (SSSR count). The number of hydrogen-bond acceptors (Lipinski definition) is 5. The lowest BCUT2D eigenvalue weighted by Gasteiger charge is -2.37. The molecule has 1 aromatic heterocycles. The normalized spacial score (nSPS) is 36.0. The monoisotopic (exact) mass is 456 g/mol. The molecule has 4 heterocycles. The second-order valence-electron chi connectivity index (χ2n) is 10.9. The number of carbonyl (C=O) groups is 1. The molecule has 6 nitrogen and oxygen atoms in total. The van der Waals surface area contributed by atoms with Crippen LogP contribution in [0.4, 0.5) is 0 Å². The van der Waals surface area contributed by atoms with Crippen molar-refractivity contribution in [3.63, 3.8) is 0 Å². The van der Waals surface area contributed by atoms with Gasteiger partial charge in [0.2, 0.25) is 5.91 Å². The summed E-state index contributed by atoms with van der Waals surface area (Å²) in [5.74, 6) is 1.36. The predicted molar refractivity (Wildman–Crippen MR) is 126 cm³/mol. The Kier molecular flexibility index (Phi) is 6.79. The summed E-state index contributed by atoms with van der Waals surface area (Å²) >= 11 is 0. The first kappa shape index (κ1) is 23.3. The minimum absolute atomic E-state index is 0.0596. The van der Waals surface area contributed by atoms with Gasteiger partial charge in [0.25, 0.3) is 0 Å². The van der Waals surface area contributed by atoms with Crippen LogP contribution in [0.2, 0.25) is 0 Å². The van der Waals surface area contributed by atoms with E-state index in [2.05, 4.69) is 29.8 Å². The van der Waals surface area contributed by atoms with Crippen LogP contribution >= 0.6 is 0 Å². The van der Waals surface area contributed by atoms with E-state index in [0.29, 0.717) is 30.9 Å². The van der Waals surface area contributed by atoms with Crippen molar-refractivity contribution in [3.8, 4) is 0 Å². The van der Waals surface area contributed by atoms with E-state index in [1.807, 2.05) is 6.20 Å². The Morgan fingerprint density at radius 2 is 2.24 bits per heavy atom. The Morgan fingerprint density at radius 3 is 3.06 bits per heavy atom. The molecule has 1 amide bonds. The predicted octanol–water partition coefficient (Wildman–Crippen LogP) is 4.07. The number of rotatable bonds is 6. The minimum Gasteiger partial charge on any atom is -0.379 e. The zero-order valence-corrected chi connectivity index (χ0v) is 20.6. The number of carbonyl (C=O) groups excluding carboxylic acids is 1. The molecule has 33 heavy (non-hydrogen) atoms. The quantitative estimate of drug-likeness (QED) is 0.646. The van der Waals surface area contributed by atoms with E-state index < -0.39 is 0 Å². The zero-order chi connectivity index (χ0) is 23.0. The van der Waals surface area contributed by atoms with Gasteiger partial charge in [-0.25, -0.2) is 0 Å². The topological polar surface area (TPSA) is 60.9 Å². The Bertz CT molecular complexity index is 861. The lowest BCUT2D eigenvalue weighted by Crippen LogP contribution is -2.48. The summed E-state index contributed by atoms with van der Waals surface area (Å²) < 4.78 is 18.0. The van der Waals surface area contributed by atoms with Gasteiger partial charge in [-0.05, 0) is 68.4 Å². The Morgan fingerprint density at radius 1 is 1.36 bits per heavy atom. The first-order chi connectivity index (χ1) is 16.0. The Labute approximate surface area is 198 Å². The number of amides is 1. The van der Waals surface area contributed by atoms with Gasteiger partial charge in [0, 0.05) is 45.1 Å². The fourth-order valence-electron chi connectivity index (χ4n) is 7.08. The van der Waals surface area contributed by atoms with E-state index in [1.54, 1.807) is 7.11 Å². The fraction of sp³-hybridized carbons (Fsp3) is 0.778. The summed E-state index contributed by atoms with van der Waals surface area (Å²) in [5, 5.41) is 0. The minimum atomic E-state index is -0.354. The van der Waals surface area contributed by atoms with Gasteiger partial charge in [0.05, 0.1) is 30.3 Å². The lowest BCUT2D eigenvalue weighted by atomic mass is 9.77. The molecule has 0 bridgehead atoms. The smallest absolute Gasteiger partial charge is 0.231 e. The standard InChI is InChI=1S/C27H40N2O4/c1-4-5-22-14-27(26(30)29-8-6-23-21(16-29)10-18(2)15-28-23)13-19(12-25(27)33-22)11-20-7-9-32-17-24(20)31-3/h10,15,19-20,22,24-25H,4-9,11-14,16-17H2,1-3H3/t19-,20?,22?,24?,25-,27+/m1/s1. The van der Waals surface area contributed by atoms with Gasteiger partial charge < -0.3 is 19.1 Å². The van der Waals surface area contributed by atoms with Crippen LogP contribution in [-0.2, 0) is 32.0 Å². The highest BCUT2D eigenvalue weighted by Gasteiger charge is 2.60. The van der Waals surface area contributed by atoms with Gasteiger partial charge in [-0.3, -0.25) is 9.78 Å². The molecule has 0 aromatic carbocycles. The van der Waals surface area contributed by atoms with Gasteiger partial charge in [-0.1, -0.05) is 19.4 Å². The van der Waals surface area contributed by atoms with Gasteiger partial charge in [0.1, 0.15) is 0 Å². The van der Waals surface area contributed by atoms with Gasteiger partial charge >= 0.3 is 0 Å². The van der Waals surface area contributed by atoms with Crippen molar-refractivity contribution in [3.05, 3.63) is 29.1 Å². The van der Waals surface area contributed by atoms with Gasteiger partial charge in [-0.15, -0.1) is 0 Å². The largest absolute Gasteiger partial charge is 0.379 e. The number of aryl methyl sites for hydroxylation is 1. The van der Waals surface area contributed by atoms with Crippen molar-refractivity contribution < 1.29 is 19.0 Å². The van der Waals surface area contributed by atoms with Crippen LogP contribution in [0.25, 0.3) is 0 Å². The highest BCUT2D eigenvalue weighted by atomic mass is 16.5. The number of nitrogens with zero attached hydrogens (tertiary/aromatic N) is 2. The van der Waals surface area contributed by atoms with Crippen molar-refractivity contribution in [2.24, 2.45) is 17.3 Å². The van der Waals surface area contributed by atoms with Crippen LogP contribution < -0.4 is 0 Å². The molecule has 182 valence electrons. The molecule has 4 aliphatic rings. The Hall–Kier alpha value is -1.50. The SMILES string of the molecule is CCCC1C[C@@]2(C(=O)N3CCc4ncc(C)cc4C3)C[C@H](CC3CCOCC3OC)C[C@H]2O1. The average molecular weight is 457 g/mol. The molecule has 0 radical (unpaired) electrons. The summed E-state index contributed by atoms with van der Waals surface area (Å²) in [6, 6.07) is 2.20. The molecule has 1 saturated carbocycles. The number of pyridine rings is 1. The van der Waals surface area contributed by atoms with Crippen molar-refractivity contribution in [1.29, 1.82) is 0 Å². The summed E-state index contributed by atoms with van der Waals surface area (Å²) in [6.45, 7) is 7.25.